The Balaban J connectivity index is 2.09. The molecule has 0 spiro atoms. The third-order valence-corrected chi connectivity index (χ3v) is 4.51. The molecule has 3 atom stereocenters. The summed E-state index contributed by atoms with van der Waals surface area (Å²) < 4.78 is 17.2. The number of hydrogen-bond acceptors (Lipinski definition) is 3. The van der Waals surface area contributed by atoms with E-state index in [1.54, 1.807) is 6.26 Å². The molecule has 0 amide bonds. The molecule has 0 fully saturated rings. The van der Waals surface area contributed by atoms with E-state index >= 15 is 0 Å². The summed E-state index contributed by atoms with van der Waals surface area (Å²) in [6, 6.07) is 8.90. The van der Waals surface area contributed by atoms with Gasteiger partial charge in [-0.15, -0.1) is 0 Å². The summed E-state index contributed by atoms with van der Waals surface area (Å²) >= 11 is 0. The molecule has 0 saturated heterocycles. The van der Waals surface area contributed by atoms with Gasteiger partial charge in [0.25, 0.3) is 0 Å². The van der Waals surface area contributed by atoms with Crippen LogP contribution in [0.2, 0.25) is 0 Å². The van der Waals surface area contributed by atoms with Crippen molar-refractivity contribution in [2.24, 2.45) is 0 Å². The quantitative estimate of drug-likeness (QED) is 0.907. The first-order valence-corrected chi connectivity index (χ1v) is 8.94. The largest absolute Gasteiger partial charge is 0.487 e. The van der Waals surface area contributed by atoms with Crippen LogP contribution in [0.15, 0.2) is 24.3 Å². The van der Waals surface area contributed by atoms with Gasteiger partial charge in [-0.2, -0.15) is 0 Å². The number of para-hydroxylation sites is 1. The highest BCUT2D eigenvalue weighted by atomic mass is 32.2. The summed E-state index contributed by atoms with van der Waals surface area (Å²) in [6.45, 7) is 6.42. The van der Waals surface area contributed by atoms with Crippen molar-refractivity contribution in [3.05, 3.63) is 29.8 Å². The van der Waals surface area contributed by atoms with Gasteiger partial charge in [0.05, 0.1) is 0 Å². The second-order valence-corrected chi connectivity index (χ2v) is 7.84. The maximum absolute atomic E-state index is 11.2. The summed E-state index contributed by atoms with van der Waals surface area (Å²) in [4.78, 5) is 0. The molecule has 1 aromatic carbocycles. The Morgan fingerprint density at radius 1 is 1.45 bits per heavy atom. The Kier molecular flexibility index (Phi) is 4.86. The molecule has 1 aliphatic rings. The van der Waals surface area contributed by atoms with Crippen molar-refractivity contribution in [3.63, 3.8) is 0 Å². The van der Waals surface area contributed by atoms with E-state index in [4.69, 9.17) is 4.74 Å². The predicted molar refractivity (Wildman–Crippen MR) is 84.7 cm³/mol. The van der Waals surface area contributed by atoms with Crippen LogP contribution in [0.25, 0.3) is 0 Å². The Morgan fingerprint density at radius 3 is 2.85 bits per heavy atom. The highest BCUT2D eigenvalue weighted by molar-refractivity contribution is 7.84. The number of ether oxygens (including phenoxy) is 1. The van der Waals surface area contributed by atoms with E-state index in [2.05, 4.69) is 38.2 Å². The van der Waals surface area contributed by atoms with Crippen LogP contribution >= 0.6 is 0 Å². The number of rotatable bonds is 5. The average Bonchev–Trinajstić information content (AvgIpc) is 2.35. The highest BCUT2D eigenvalue weighted by Crippen LogP contribution is 2.39. The lowest BCUT2D eigenvalue weighted by Crippen LogP contribution is -2.42. The van der Waals surface area contributed by atoms with Gasteiger partial charge in [0.15, 0.2) is 0 Å². The fourth-order valence-corrected chi connectivity index (χ4v) is 3.41. The number of nitrogens with one attached hydrogen (secondary N) is 1. The Bertz CT molecular complexity index is 487. The minimum absolute atomic E-state index is 0.153. The van der Waals surface area contributed by atoms with E-state index in [0.29, 0.717) is 12.1 Å². The van der Waals surface area contributed by atoms with Crippen LogP contribution in [0, 0.1) is 0 Å². The molecule has 3 unspecified atom stereocenters. The van der Waals surface area contributed by atoms with Crippen molar-refractivity contribution in [1.29, 1.82) is 0 Å². The molecule has 0 aromatic heterocycles. The second kappa shape index (κ2) is 6.27. The first-order chi connectivity index (χ1) is 9.37. The van der Waals surface area contributed by atoms with Gasteiger partial charge >= 0.3 is 0 Å². The number of benzene rings is 1. The molecule has 0 saturated carbocycles. The molecule has 0 aliphatic carbocycles. The van der Waals surface area contributed by atoms with Crippen LogP contribution in [0.5, 0.6) is 5.75 Å². The van der Waals surface area contributed by atoms with E-state index in [0.717, 1.165) is 24.3 Å². The van der Waals surface area contributed by atoms with E-state index in [9.17, 15) is 4.21 Å². The summed E-state index contributed by atoms with van der Waals surface area (Å²) in [7, 11) is -0.718. The summed E-state index contributed by atoms with van der Waals surface area (Å²) in [5.74, 6) is 1.73. The molecular formula is C16H25NO2S. The van der Waals surface area contributed by atoms with E-state index in [1.807, 2.05) is 12.1 Å². The molecule has 0 bridgehead atoms. The van der Waals surface area contributed by atoms with Gasteiger partial charge in [-0.25, -0.2) is 0 Å². The summed E-state index contributed by atoms with van der Waals surface area (Å²) in [5, 5.41) is 3.67. The minimum atomic E-state index is -0.718. The molecule has 1 aliphatic heterocycles. The lowest BCUT2D eigenvalue weighted by atomic mass is 9.89. The Hall–Kier alpha value is -0.870. The summed E-state index contributed by atoms with van der Waals surface area (Å²) in [5.41, 5.74) is 1.08. The topological polar surface area (TPSA) is 38.3 Å². The molecular weight excluding hydrogens is 270 g/mol. The molecule has 20 heavy (non-hydrogen) atoms. The maximum atomic E-state index is 11.2. The Labute approximate surface area is 124 Å². The average molecular weight is 295 g/mol. The third kappa shape index (κ3) is 4.06. The SMILES string of the molecule is CC(CCS(C)=O)NC1CC(C)(C)Oc2ccccc21. The van der Waals surface area contributed by atoms with Crippen molar-refractivity contribution in [1.82, 2.24) is 5.32 Å². The zero-order valence-electron chi connectivity index (χ0n) is 12.8. The van der Waals surface area contributed by atoms with Crippen molar-refractivity contribution in [2.75, 3.05) is 12.0 Å². The monoisotopic (exact) mass is 295 g/mol. The van der Waals surface area contributed by atoms with E-state index in [-0.39, 0.29) is 5.60 Å². The first kappa shape index (κ1) is 15.5. The standard InChI is InChI=1S/C16H25NO2S/c1-12(9-10-20(4)18)17-14-11-16(2,3)19-15-8-6-5-7-13(14)15/h5-8,12,14,17H,9-11H2,1-4H3. The predicted octanol–water partition coefficient (Wildman–Crippen LogP) is 3.04. The van der Waals surface area contributed by atoms with Gasteiger partial charge in [-0.3, -0.25) is 4.21 Å². The lowest BCUT2D eigenvalue weighted by molar-refractivity contribution is 0.0640. The highest BCUT2D eigenvalue weighted by Gasteiger charge is 2.33. The molecule has 2 rings (SSSR count). The molecule has 1 N–H and O–H groups in total. The van der Waals surface area contributed by atoms with E-state index < -0.39 is 10.8 Å². The van der Waals surface area contributed by atoms with Crippen LogP contribution in [0.1, 0.15) is 45.2 Å². The number of hydrogen-bond donors (Lipinski definition) is 1. The van der Waals surface area contributed by atoms with Crippen molar-refractivity contribution in [3.8, 4) is 5.75 Å². The fourth-order valence-electron chi connectivity index (χ4n) is 2.72. The van der Waals surface area contributed by atoms with Crippen molar-refractivity contribution in [2.45, 2.75) is 51.3 Å². The maximum Gasteiger partial charge on any atom is 0.124 e. The van der Waals surface area contributed by atoms with Gasteiger partial charge in [-0.05, 0) is 33.3 Å². The second-order valence-electron chi connectivity index (χ2n) is 6.29. The smallest absolute Gasteiger partial charge is 0.124 e. The lowest BCUT2D eigenvalue weighted by Gasteiger charge is -2.39. The normalized spacial score (nSPS) is 23.5. The fraction of sp³-hybridized carbons (Fsp3) is 0.625. The van der Waals surface area contributed by atoms with Crippen molar-refractivity contribution < 1.29 is 8.95 Å². The van der Waals surface area contributed by atoms with Gasteiger partial charge in [0.2, 0.25) is 0 Å². The van der Waals surface area contributed by atoms with Gasteiger partial charge < -0.3 is 10.1 Å². The van der Waals surface area contributed by atoms with Crippen LogP contribution < -0.4 is 10.1 Å². The molecule has 1 aromatic rings. The molecule has 0 radical (unpaired) electrons. The van der Waals surface area contributed by atoms with Crippen molar-refractivity contribution >= 4 is 10.8 Å². The third-order valence-electron chi connectivity index (χ3n) is 3.70. The molecule has 3 nitrogen and oxygen atoms in total. The van der Waals surface area contributed by atoms with Gasteiger partial charge in [-0.1, -0.05) is 18.2 Å². The molecule has 112 valence electrons. The van der Waals surface area contributed by atoms with E-state index in [1.165, 1.54) is 5.56 Å². The Morgan fingerprint density at radius 2 is 2.15 bits per heavy atom. The molecule has 1 heterocycles. The molecule has 4 heteroatoms. The zero-order chi connectivity index (χ0) is 14.8. The van der Waals surface area contributed by atoms with Crippen LogP contribution in [-0.4, -0.2) is 27.9 Å². The van der Waals surface area contributed by atoms with Gasteiger partial charge in [0, 0.05) is 46.9 Å². The first-order valence-electron chi connectivity index (χ1n) is 7.21. The van der Waals surface area contributed by atoms with Gasteiger partial charge in [0.1, 0.15) is 11.4 Å². The van der Waals surface area contributed by atoms with Crippen LogP contribution in [0.4, 0.5) is 0 Å². The zero-order valence-corrected chi connectivity index (χ0v) is 13.6. The number of fused-ring (bicyclic) bond motifs is 1. The van der Waals surface area contributed by atoms with Crippen LogP contribution in [-0.2, 0) is 10.8 Å². The van der Waals surface area contributed by atoms with Crippen LogP contribution in [0.3, 0.4) is 0 Å². The summed E-state index contributed by atoms with van der Waals surface area (Å²) in [6.07, 6.45) is 3.65. The minimum Gasteiger partial charge on any atom is -0.487 e.